The van der Waals surface area contributed by atoms with E-state index in [1.54, 1.807) is 4.90 Å². The minimum Gasteiger partial charge on any atom is -0.484 e. The molecule has 5 nitrogen and oxygen atoms in total. The van der Waals surface area contributed by atoms with Gasteiger partial charge in [0.15, 0.2) is 6.61 Å². The highest BCUT2D eigenvalue weighted by molar-refractivity contribution is 6.32. The molecule has 0 radical (unpaired) electrons. The summed E-state index contributed by atoms with van der Waals surface area (Å²) in [4.78, 5) is 28.1. The summed E-state index contributed by atoms with van der Waals surface area (Å²) in [6, 6.07) is 13.4. The highest BCUT2D eigenvalue weighted by Crippen LogP contribution is 2.26. The van der Waals surface area contributed by atoms with Crippen molar-refractivity contribution in [2.45, 2.75) is 71.4 Å². The first-order valence-electron chi connectivity index (χ1n) is 11.9. The molecule has 1 atom stereocenters. The third-order valence-electron chi connectivity index (χ3n) is 6.34. The summed E-state index contributed by atoms with van der Waals surface area (Å²) in [6.07, 6.45) is 5.55. The van der Waals surface area contributed by atoms with Crippen LogP contribution in [0.2, 0.25) is 5.02 Å². The van der Waals surface area contributed by atoms with Crippen molar-refractivity contribution in [3.05, 3.63) is 64.2 Å². The highest BCUT2D eigenvalue weighted by Gasteiger charge is 2.30. The number of amides is 2. The lowest BCUT2D eigenvalue weighted by molar-refractivity contribution is -0.142. The summed E-state index contributed by atoms with van der Waals surface area (Å²) >= 11 is 6.25. The number of nitrogens with one attached hydrogen (secondary N) is 1. The molecule has 33 heavy (non-hydrogen) atoms. The maximum absolute atomic E-state index is 13.3. The molecule has 0 unspecified atom stereocenters. The zero-order valence-electron chi connectivity index (χ0n) is 19.9. The second kappa shape index (κ2) is 12.1. The lowest BCUT2D eigenvalue weighted by atomic mass is 10.1. The molecule has 1 N–H and O–H groups in total. The van der Waals surface area contributed by atoms with Crippen LogP contribution in [-0.2, 0) is 16.0 Å². The lowest BCUT2D eigenvalue weighted by Gasteiger charge is -2.31. The number of halogens is 1. The molecular weight excluding hydrogens is 436 g/mol. The first-order chi connectivity index (χ1) is 15.9. The second-order valence-electron chi connectivity index (χ2n) is 8.90. The fourth-order valence-electron chi connectivity index (χ4n) is 4.48. The molecule has 3 rings (SSSR count). The van der Waals surface area contributed by atoms with Crippen molar-refractivity contribution >= 4 is 23.4 Å². The Bertz CT molecular complexity index is 919. The predicted molar refractivity (Wildman–Crippen MR) is 133 cm³/mol. The van der Waals surface area contributed by atoms with Gasteiger partial charge in [-0.1, -0.05) is 61.7 Å². The van der Waals surface area contributed by atoms with Crippen LogP contribution in [0.15, 0.2) is 42.5 Å². The number of hydrogen-bond donors (Lipinski definition) is 1. The predicted octanol–water partition coefficient (Wildman–Crippen LogP) is 5.24. The third kappa shape index (κ3) is 6.97. The SMILES string of the molecule is CC[C@H](C(=O)NC1CCCC1)N(CCc1ccccc1)C(=O)COc1cc(C)c(Cl)c(C)c1. The number of aryl methyl sites for hydroxylation is 2. The van der Waals surface area contributed by atoms with E-state index in [1.165, 1.54) is 0 Å². The third-order valence-corrected chi connectivity index (χ3v) is 6.94. The van der Waals surface area contributed by atoms with E-state index in [4.69, 9.17) is 16.3 Å². The van der Waals surface area contributed by atoms with Gasteiger partial charge in [-0.3, -0.25) is 9.59 Å². The van der Waals surface area contributed by atoms with Crippen molar-refractivity contribution in [1.29, 1.82) is 0 Å². The van der Waals surface area contributed by atoms with Crippen LogP contribution in [0.1, 0.15) is 55.7 Å². The molecule has 0 saturated heterocycles. The number of carbonyl (C=O) groups is 2. The molecule has 6 heteroatoms. The Hall–Kier alpha value is -2.53. The van der Waals surface area contributed by atoms with Gasteiger partial charge in [-0.15, -0.1) is 0 Å². The monoisotopic (exact) mass is 470 g/mol. The maximum Gasteiger partial charge on any atom is 0.261 e. The van der Waals surface area contributed by atoms with Gasteiger partial charge in [0.05, 0.1) is 0 Å². The van der Waals surface area contributed by atoms with E-state index < -0.39 is 6.04 Å². The van der Waals surface area contributed by atoms with E-state index in [0.717, 1.165) is 42.4 Å². The van der Waals surface area contributed by atoms with Gasteiger partial charge in [0, 0.05) is 17.6 Å². The van der Waals surface area contributed by atoms with Gasteiger partial charge in [-0.05, 0) is 68.4 Å². The van der Waals surface area contributed by atoms with E-state index in [-0.39, 0.29) is 24.5 Å². The van der Waals surface area contributed by atoms with Crippen LogP contribution < -0.4 is 10.1 Å². The molecule has 1 saturated carbocycles. The Labute approximate surface area is 202 Å². The van der Waals surface area contributed by atoms with Crippen LogP contribution in [0.25, 0.3) is 0 Å². The molecule has 0 aromatic heterocycles. The molecule has 2 aromatic rings. The first kappa shape index (κ1) is 25.1. The standard InChI is InChI=1S/C27H35ClN2O3/c1-4-24(27(32)29-22-12-8-9-13-22)30(15-14-21-10-6-5-7-11-21)25(31)18-33-23-16-19(2)26(28)20(3)17-23/h5-7,10-11,16-17,22,24H,4,8-9,12-15,18H2,1-3H3,(H,29,32)/t24-/m1/s1. The van der Waals surface area contributed by atoms with Crippen LogP contribution in [-0.4, -0.2) is 41.9 Å². The van der Waals surface area contributed by atoms with E-state index >= 15 is 0 Å². The van der Waals surface area contributed by atoms with Crippen molar-refractivity contribution in [1.82, 2.24) is 10.2 Å². The molecule has 0 bridgehead atoms. The molecule has 2 amide bonds. The zero-order chi connectivity index (χ0) is 23.8. The Kier molecular flexibility index (Phi) is 9.19. The number of ether oxygens (including phenoxy) is 1. The first-order valence-corrected chi connectivity index (χ1v) is 12.3. The Morgan fingerprint density at radius 1 is 1.12 bits per heavy atom. The molecule has 0 heterocycles. The molecule has 1 aliphatic carbocycles. The normalized spacial score (nSPS) is 14.7. The largest absolute Gasteiger partial charge is 0.484 e. The van der Waals surface area contributed by atoms with Gasteiger partial charge < -0.3 is 15.0 Å². The summed E-state index contributed by atoms with van der Waals surface area (Å²) < 4.78 is 5.84. The molecule has 1 aliphatic rings. The average molecular weight is 471 g/mol. The van der Waals surface area contributed by atoms with Crippen molar-refractivity contribution in [3.63, 3.8) is 0 Å². The average Bonchev–Trinajstić information content (AvgIpc) is 3.32. The Morgan fingerprint density at radius 3 is 2.36 bits per heavy atom. The minimum atomic E-state index is -0.515. The van der Waals surface area contributed by atoms with Gasteiger partial charge in [-0.25, -0.2) is 0 Å². The van der Waals surface area contributed by atoms with Gasteiger partial charge in [0.1, 0.15) is 11.8 Å². The van der Waals surface area contributed by atoms with Crippen molar-refractivity contribution in [3.8, 4) is 5.75 Å². The van der Waals surface area contributed by atoms with Crippen molar-refractivity contribution in [2.24, 2.45) is 0 Å². The van der Waals surface area contributed by atoms with Crippen molar-refractivity contribution in [2.75, 3.05) is 13.2 Å². The van der Waals surface area contributed by atoms with Gasteiger partial charge in [-0.2, -0.15) is 0 Å². The van der Waals surface area contributed by atoms with E-state index in [9.17, 15) is 9.59 Å². The van der Waals surface area contributed by atoms with Gasteiger partial charge >= 0.3 is 0 Å². The van der Waals surface area contributed by atoms with Crippen LogP contribution in [0.5, 0.6) is 5.75 Å². The Balaban J connectivity index is 1.72. The minimum absolute atomic E-state index is 0.0657. The number of nitrogens with zero attached hydrogens (tertiary/aromatic N) is 1. The molecule has 0 aliphatic heterocycles. The smallest absolute Gasteiger partial charge is 0.261 e. The summed E-state index contributed by atoms with van der Waals surface area (Å²) in [5.74, 6) is 0.350. The molecule has 178 valence electrons. The van der Waals surface area contributed by atoms with Crippen molar-refractivity contribution < 1.29 is 14.3 Å². The quantitative estimate of drug-likeness (QED) is 0.516. The van der Waals surface area contributed by atoms with Gasteiger partial charge in [0.25, 0.3) is 5.91 Å². The van der Waals surface area contributed by atoms with E-state index in [2.05, 4.69) is 5.32 Å². The number of carbonyl (C=O) groups excluding carboxylic acids is 2. The summed E-state index contributed by atoms with van der Waals surface area (Å²) in [5.41, 5.74) is 2.94. The second-order valence-corrected chi connectivity index (χ2v) is 9.27. The lowest BCUT2D eigenvalue weighted by Crippen LogP contribution is -2.52. The number of rotatable bonds is 10. The van der Waals surface area contributed by atoms with Gasteiger partial charge in [0.2, 0.25) is 5.91 Å². The van der Waals surface area contributed by atoms with E-state index in [1.807, 2.05) is 63.2 Å². The molecular formula is C27H35ClN2O3. The number of benzene rings is 2. The van der Waals surface area contributed by atoms with Crippen LogP contribution in [0.4, 0.5) is 0 Å². The van der Waals surface area contributed by atoms with Crippen LogP contribution in [0.3, 0.4) is 0 Å². The summed E-state index contributed by atoms with van der Waals surface area (Å²) in [5, 5.41) is 3.87. The van der Waals surface area contributed by atoms with Crippen LogP contribution in [0, 0.1) is 13.8 Å². The van der Waals surface area contributed by atoms with E-state index in [0.29, 0.717) is 30.2 Å². The fourth-order valence-corrected chi connectivity index (χ4v) is 4.59. The zero-order valence-corrected chi connectivity index (χ0v) is 20.7. The molecule has 0 spiro atoms. The summed E-state index contributed by atoms with van der Waals surface area (Å²) in [7, 11) is 0. The summed E-state index contributed by atoms with van der Waals surface area (Å²) in [6.45, 7) is 6.12. The van der Waals surface area contributed by atoms with Crippen LogP contribution >= 0.6 is 11.6 Å². The highest BCUT2D eigenvalue weighted by atomic mass is 35.5. The fraction of sp³-hybridized carbons (Fsp3) is 0.481. The molecule has 2 aromatic carbocycles. The Morgan fingerprint density at radius 2 is 1.76 bits per heavy atom. The topological polar surface area (TPSA) is 58.6 Å². The maximum atomic E-state index is 13.3. The molecule has 1 fully saturated rings. The number of hydrogen-bond acceptors (Lipinski definition) is 3.